The lowest BCUT2D eigenvalue weighted by molar-refractivity contribution is -0.125. The van der Waals surface area contributed by atoms with E-state index in [9.17, 15) is 9.90 Å². The Morgan fingerprint density at radius 2 is 2.38 bits per heavy atom. The van der Waals surface area contributed by atoms with Gasteiger partial charge in [-0.25, -0.2) is 0 Å². The fraction of sp³-hybridized carbons (Fsp3) is 0.909. The van der Waals surface area contributed by atoms with Crippen molar-refractivity contribution in [1.82, 2.24) is 10.6 Å². The van der Waals surface area contributed by atoms with E-state index in [1.54, 1.807) is 0 Å². The number of hydrogen-bond acceptors (Lipinski definition) is 4. The third-order valence-corrected chi connectivity index (χ3v) is 2.82. The minimum Gasteiger partial charge on any atom is -0.386 e. The van der Waals surface area contributed by atoms with Crippen LogP contribution in [0.5, 0.6) is 0 Å². The molecule has 2 atom stereocenters. The third-order valence-electron chi connectivity index (χ3n) is 2.82. The molecule has 94 valence electrons. The molecular formula is C11H22N2O3. The minimum absolute atomic E-state index is 0.0266. The van der Waals surface area contributed by atoms with E-state index in [1.807, 2.05) is 13.8 Å². The molecule has 1 aliphatic rings. The van der Waals surface area contributed by atoms with Crippen molar-refractivity contribution in [1.29, 1.82) is 0 Å². The molecule has 1 saturated heterocycles. The first kappa shape index (κ1) is 13.4. The lowest BCUT2D eigenvalue weighted by Gasteiger charge is -2.22. The number of ether oxygens (including phenoxy) is 1. The zero-order chi connectivity index (χ0) is 12.0. The van der Waals surface area contributed by atoms with Crippen LogP contribution in [0.1, 0.15) is 20.3 Å². The second-order valence-electron chi connectivity index (χ2n) is 4.45. The maximum atomic E-state index is 11.6. The lowest BCUT2D eigenvalue weighted by Crippen LogP contribution is -2.46. The lowest BCUT2D eigenvalue weighted by atomic mass is 10.0. The summed E-state index contributed by atoms with van der Waals surface area (Å²) in [5, 5.41) is 15.8. The number of carbonyl (C=O) groups is 1. The highest BCUT2D eigenvalue weighted by molar-refractivity contribution is 5.78. The van der Waals surface area contributed by atoms with Crippen molar-refractivity contribution in [3.63, 3.8) is 0 Å². The molecule has 5 nitrogen and oxygen atoms in total. The van der Waals surface area contributed by atoms with E-state index in [0.29, 0.717) is 26.2 Å². The van der Waals surface area contributed by atoms with Gasteiger partial charge < -0.3 is 20.5 Å². The van der Waals surface area contributed by atoms with Gasteiger partial charge in [0.2, 0.25) is 5.91 Å². The molecule has 1 amide bonds. The summed E-state index contributed by atoms with van der Waals surface area (Å²) in [5.41, 5.74) is -0.867. The first-order valence-electron chi connectivity index (χ1n) is 5.86. The van der Waals surface area contributed by atoms with Crippen LogP contribution in [0.4, 0.5) is 0 Å². The summed E-state index contributed by atoms with van der Waals surface area (Å²) in [7, 11) is 0. The van der Waals surface area contributed by atoms with Crippen LogP contribution in [-0.2, 0) is 9.53 Å². The first-order valence-corrected chi connectivity index (χ1v) is 5.86. The van der Waals surface area contributed by atoms with E-state index < -0.39 is 5.60 Å². The van der Waals surface area contributed by atoms with E-state index in [4.69, 9.17) is 4.74 Å². The molecule has 0 saturated carbocycles. The van der Waals surface area contributed by atoms with Gasteiger partial charge in [0.25, 0.3) is 0 Å². The summed E-state index contributed by atoms with van der Waals surface area (Å²) in [5.74, 6) is -0.104. The molecule has 1 rings (SSSR count). The van der Waals surface area contributed by atoms with Gasteiger partial charge in [-0.3, -0.25) is 4.79 Å². The molecule has 0 aromatic heterocycles. The molecule has 0 bridgehead atoms. The average Bonchev–Trinajstić information content (AvgIpc) is 2.70. The number of amides is 1. The Morgan fingerprint density at radius 3 is 2.94 bits per heavy atom. The van der Waals surface area contributed by atoms with Gasteiger partial charge in [0.1, 0.15) is 5.60 Å². The van der Waals surface area contributed by atoms with Gasteiger partial charge in [-0.15, -0.1) is 0 Å². The van der Waals surface area contributed by atoms with Crippen LogP contribution in [-0.4, -0.2) is 49.5 Å². The molecule has 5 heteroatoms. The van der Waals surface area contributed by atoms with Gasteiger partial charge >= 0.3 is 0 Å². The number of aliphatic hydroxyl groups is 1. The Hall–Kier alpha value is -0.650. The van der Waals surface area contributed by atoms with Crippen LogP contribution in [0.3, 0.4) is 0 Å². The third kappa shape index (κ3) is 4.08. The van der Waals surface area contributed by atoms with Crippen LogP contribution in [0.2, 0.25) is 0 Å². The molecule has 0 aliphatic carbocycles. The Balaban J connectivity index is 2.23. The fourth-order valence-corrected chi connectivity index (χ4v) is 1.62. The second-order valence-corrected chi connectivity index (χ2v) is 4.45. The van der Waals surface area contributed by atoms with E-state index in [-0.39, 0.29) is 18.4 Å². The smallest absolute Gasteiger partial charge is 0.224 e. The van der Waals surface area contributed by atoms with Crippen molar-refractivity contribution in [2.45, 2.75) is 25.9 Å². The fourth-order valence-electron chi connectivity index (χ4n) is 1.62. The SMILES string of the molecule is CCNCC(C)C(=O)NCC1(O)CCOC1. The monoisotopic (exact) mass is 230 g/mol. The van der Waals surface area contributed by atoms with Crippen LogP contribution >= 0.6 is 0 Å². The Bertz CT molecular complexity index is 227. The maximum Gasteiger partial charge on any atom is 0.224 e. The van der Waals surface area contributed by atoms with Crippen molar-refractivity contribution in [2.24, 2.45) is 5.92 Å². The zero-order valence-corrected chi connectivity index (χ0v) is 10.1. The summed E-state index contributed by atoms with van der Waals surface area (Å²) in [4.78, 5) is 11.6. The number of rotatable bonds is 6. The predicted octanol–water partition coefficient (Wildman–Crippen LogP) is -0.500. The predicted molar refractivity (Wildman–Crippen MR) is 61.1 cm³/mol. The first-order chi connectivity index (χ1) is 7.57. The van der Waals surface area contributed by atoms with Crippen LogP contribution in [0.25, 0.3) is 0 Å². The van der Waals surface area contributed by atoms with Crippen molar-refractivity contribution in [3.05, 3.63) is 0 Å². The van der Waals surface area contributed by atoms with Crippen molar-refractivity contribution >= 4 is 5.91 Å². The van der Waals surface area contributed by atoms with Crippen molar-refractivity contribution in [2.75, 3.05) is 32.8 Å². The largest absolute Gasteiger partial charge is 0.386 e. The summed E-state index contributed by atoms with van der Waals surface area (Å²) in [6, 6.07) is 0. The van der Waals surface area contributed by atoms with E-state index >= 15 is 0 Å². The summed E-state index contributed by atoms with van der Waals surface area (Å²) in [6.45, 7) is 6.56. The average molecular weight is 230 g/mol. The Labute approximate surface area is 96.6 Å². The molecule has 2 unspecified atom stereocenters. The van der Waals surface area contributed by atoms with E-state index in [1.165, 1.54) is 0 Å². The van der Waals surface area contributed by atoms with Crippen LogP contribution < -0.4 is 10.6 Å². The Kier molecular flexibility index (Phi) is 5.18. The molecule has 1 fully saturated rings. The van der Waals surface area contributed by atoms with Gasteiger partial charge in [-0.2, -0.15) is 0 Å². The minimum atomic E-state index is -0.867. The van der Waals surface area contributed by atoms with Crippen molar-refractivity contribution < 1.29 is 14.6 Å². The van der Waals surface area contributed by atoms with Crippen LogP contribution in [0.15, 0.2) is 0 Å². The highest BCUT2D eigenvalue weighted by Crippen LogP contribution is 2.16. The summed E-state index contributed by atoms with van der Waals surface area (Å²) < 4.78 is 5.10. The van der Waals surface area contributed by atoms with Gasteiger partial charge in [-0.1, -0.05) is 13.8 Å². The molecule has 1 heterocycles. The molecule has 16 heavy (non-hydrogen) atoms. The summed E-state index contributed by atoms with van der Waals surface area (Å²) in [6.07, 6.45) is 0.592. The topological polar surface area (TPSA) is 70.6 Å². The molecule has 0 aromatic rings. The molecule has 0 aromatic carbocycles. The van der Waals surface area contributed by atoms with E-state index in [0.717, 1.165) is 6.54 Å². The van der Waals surface area contributed by atoms with Crippen molar-refractivity contribution in [3.8, 4) is 0 Å². The molecule has 0 radical (unpaired) electrons. The Morgan fingerprint density at radius 1 is 1.62 bits per heavy atom. The highest BCUT2D eigenvalue weighted by Gasteiger charge is 2.32. The van der Waals surface area contributed by atoms with E-state index in [2.05, 4.69) is 10.6 Å². The highest BCUT2D eigenvalue weighted by atomic mass is 16.5. The second kappa shape index (κ2) is 6.18. The van der Waals surface area contributed by atoms with Crippen LogP contribution in [0, 0.1) is 5.92 Å². The summed E-state index contributed by atoms with van der Waals surface area (Å²) >= 11 is 0. The molecular weight excluding hydrogens is 208 g/mol. The maximum absolute atomic E-state index is 11.6. The molecule has 1 aliphatic heterocycles. The molecule has 3 N–H and O–H groups in total. The van der Waals surface area contributed by atoms with Gasteiger partial charge in [0.05, 0.1) is 6.61 Å². The quantitative estimate of drug-likeness (QED) is 0.575. The van der Waals surface area contributed by atoms with Gasteiger partial charge in [0, 0.05) is 32.0 Å². The van der Waals surface area contributed by atoms with Gasteiger partial charge in [-0.05, 0) is 6.54 Å². The number of carbonyl (C=O) groups excluding carboxylic acids is 1. The standard InChI is InChI=1S/C11H22N2O3/c1-3-12-6-9(2)10(14)13-7-11(15)4-5-16-8-11/h9,12,15H,3-8H2,1-2H3,(H,13,14). The zero-order valence-electron chi connectivity index (χ0n) is 10.1. The number of hydrogen-bond donors (Lipinski definition) is 3. The normalized spacial score (nSPS) is 26.7. The number of nitrogens with one attached hydrogen (secondary N) is 2. The molecule has 0 spiro atoms. The van der Waals surface area contributed by atoms with Gasteiger partial charge in [0.15, 0.2) is 0 Å².